The molecule has 0 spiro atoms. The van der Waals surface area contributed by atoms with Crippen molar-refractivity contribution in [2.24, 2.45) is 0 Å². The van der Waals surface area contributed by atoms with Crippen LogP contribution in [-0.4, -0.2) is 5.11 Å². The molecule has 0 aliphatic heterocycles. The summed E-state index contributed by atoms with van der Waals surface area (Å²) in [6.45, 7) is -0.741. The molecule has 2 aromatic carbocycles. The van der Waals surface area contributed by atoms with Crippen LogP contribution in [0.1, 0.15) is 11.1 Å². The van der Waals surface area contributed by atoms with Gasteiger partial charge in [0, 0.05) is 5.02 Å². The average molecular weight is 251 g/mol. The first-order valence-electron chi connectivity index (χ1n) is 5.29. The molecule has 0 radical (unpaired) electrons. The number of rotatable bonds is 3. The molecule has 3 heteroatoms. The number of halogens is 2. The van der Waals surface area contributed by atoms with Crippen LogP contribution in [0.4, 0.5) is 4.39 Å². The Morgan fingerprint density at radius 1 is 1.06 bits per heavy atom. The maximum atomic E-state index is 13.1. The monoisotopic (exact) mass is 250 g/mol. The van der Waals surface area contributed by atoms with Crippen molar-refractivity contribution < 1.29 is 9.50 Å². The van der Waals surface area contributed by atoms with Gasteiger partial charge in [-0.3, -0.25) is 0 Å². The van der Waals surface area contributed by atoms with Crippen LogP contribution in [0.15, 0.2) is 42.5 Å². The summed E-state index contributed by atoms with van der Waals surface area (Å²) in [5.74, 6) is 0. The summed E-state index contributed by atoms with van der Waals surface area (Å²) in [6, 6.07) is 12.6. The topological polar surface area (TPSA) is 20.2 Å². The predicted octanol–water partition coefficient (Wildman–Crippen LogP) is 3.97. The summed E-state index contributed by atoms with van der Waals surface area (Å²) in [4.78, 5) is 0. The summed E-state index contributed by atoms with van der Waals surface area (Å²) in [7, 11) is 0. The van der Waals surface area contributed by atoms with E-state index < -0.39 is 6.67 Å². The highest BCUT2D eigenvalue weighted by molar-refractivity contribution is 6.30. The van der Waals surface area contributed by atoms with E-state index in [0.717, 1.165) is 11.1 Å². The lowest BCUT2D eigenvalue weighted by atomic mass is 9.96. The predicted molar refractivity (Wildman–Crippen MR) is 67.6 cm³/mol. The fraction of sp³-hybridized carbons (Fsp3) is 0.143. The van der Waals surface area contributed by atoms with E-state index in [0.29, 0.717) is 16.1 Å². The van der Waals surface area contributed by atoms with Crippen molar-refractivity contribution in [3.05, 3.63) is 58.6 Å². The minimum absolute atomic E-state index is 0.152. The Balaban J connectivity index is 2.54. The number of aliphatic hydroxyl groups excluding tert-OH is 1. The summed E-state index contributed by atoms with van der Waals surface area (Å²) in [6.07, 6.45) is 0. The second-order valence-electron chi connectivity index (χ2n) is 3.74. The summed E-state index contributed by atoms with van der Waals surface area (Å²) in [5, 5.41) is 9.82. The molecule has 2 rings (SSSR count). The van der Waals surface area contributed by atoms with Crippen LogP contribution >= 0.6 is 11.6 Å². The number of aliphatic hydroxyl groups is 1. The molecule has 0 heterocycles. The highest BCUT2D eigenvalue weighted by Gasteiger charge is 2.09. The molecule has 88 valence electrons. The van der Waals surface area contributed by atoms with Crippen molar-refractivity contribution in [2.75, 3.05) is 0 Å². The lowest BCUT2D eigenvalue weighted by molar-refractivity contribution is 0.279. The van der Waals surface area contributed by atoms with E-state index in [4.69, 9.17) is 11.6 Å². The van der Waals surface area contributed by atoms with Crippen LogP contribution < -0.4 is 0 Å². The first-order chi connectivity index (χ1) is 8.26. The molecule has 0 saturated carbocycles. The third-order valence-corrected chi connectivity index (χ3v) is 2.98. The van der Waals surface area contributed by atoms with Gasteiger partial charge >= 0.3 is 0 Å². The zero-order valence-corrected chi connectivity index (χ0v) is 9.91. The van der Waals surface area contributed by atoms with Crippen molar-refractivity contribution in [1.29, 1.82) is 0 Å². The minimum atomic E-state index is -0.589. The van der Waals surface area contributed by atoms with Gasteiger partial charge in [-0.05, 0) is 34.4 Å². The average Bonchev–Trinajstić information content (AvgIpc) is 2.38. The van der Waals surface area contributed by atoms with Gasteiger partial charge in [0.1, 0.15) is 6.67 Å². The Morgan fingerprint density at radius 2 is 1.76 bits per heavy atom. The largest absolute Gasteiger partial charge is 0.392 e. The van der Waals surface area contributed by atoms with Gasteiger partial charge in [0.15, 0.2) is 0 Å². The molecule has 0 aliphatic carbocycles. The first-order valence-corrected chi connectivity index (χ1v) is 5.67. The molecule has 0 bridgehead atoms. The van der Waals surface area contributed by atoms with Crippen LogP contribution in [0, 0.1) is 0 Å². The van der Waals surface area contributed by atoms with Gasteiger partial charge in [-0.25, -0.2) is 4.39 Å². The van der Waals surface area contributed by atoms with Gasteiger partial charge in [0.25, 0.3) is 0 Å². The smallest absolute Gasteiger partial charge is 0.115 e. The maximum absolute atomic E-state index is 13.1. The summed E-state index contributed by atoms with van der Waals surface area (Å²) < 4.78 is 13.1. The number of alkyl halides is 1. The van der Waals surface area contributed by atoms with Gasteiger partial charge < -0.3 is 5.11 Å². The SMILES string of the molecule is OCc1cccc(-c2ccc(Cl)cc2)c1CF. The van der Waals surface area contributed by atoms with Gasteiger partial charge in [-0.15, -0.1) is 0 Å². The summed E-state index contributed by atoms with van der Waals surface area (Å²) in [5.41, 5.74) is 2.87. The standard InChI is InChI=1S/C14H12ClFO/c15-12-6-4-10(5-7-12)13-3-1-2-11(9-17)14(13)8-16/h1-7,17H,8-9H2. The third-order valence-electron chi connectivity index (χ3n) is 2.73. The Morgan fingerprint density at radius 3 is 2.35 bits per heavy atom. The molecule has 0 amide bonds. The zero-order chi connectivity index (χ0) is 12.3. The minimum Gasteiger partial charge on any atom is -0.392 e. The highest BCUT2D eigenvalue weighted by atomic mass is 35.5. The molecule has 0 fully saturated rings. The van der Waals surface area contributed by atoms with Crippen LogP contribution in [0.3, 0.4) is 0 Å². The molecule has 0 unspecified atom stereocenters. The van der Waals surface area contributed by atoms with E-state index in [1.54, 1.807) is 18.2 Å². The van der Waals surface area contributed by atoms with Crippen molar-refractivity contribution >= 4 is 11.6 Å². The van der Waals surface area contributed by atoms with Gasteiger partial charge in [0.2, 0.25) is 0 Å². The second-order valence-corrected chi connectivity index (χ2v) is 4.18. The quantitative estimate of drug-likeness (QED) is 0.874. The van der Waals surface area contributed by atoms with E-state index in [9.17, 15) is 9.50 Å². The van der Waals surface area contributed by atoms with Crippen molar-refractivity contribution in [2.45, 2.75) is 13.3 Å². The molecule has 0 aliphatic rings. The zero-order valence-electron chi connectivity index (χ0n) is 9.16. The second kappa shape index (κ2) is 5.30. The van der Waals surface area contributed by atoms with Gasteiger partial charge in [-0.1, -0.05) is 41.9 Å². The maximum Gasteiger partial charge on any atom is 0.115 e. The number of hydrogen-bond donors (Lipinski definition) is 1. The number of benzene rings is 2. The molecular formula is C14H12ClFO. The van der Waals surface area contributed by atoms with Gasteiger partial charge in [-0.2, -0.15) is 0 Å². The highest BCUT2D eigenvalue weighted by Crippen LogP contribution is 2.28. The molecule has 1 nitrogen and oxygen atoms in total. The first kappa shape index (κ1) is 12.1. The molecule has 0 aromatic heterocycles. The van der Waals surface area contributed by atoms with Crippen LogP contribution in [0.25, 0.3) is 11.1 Å². The van der Waals surface area contributed by atoms with E-state index in [-0.39, 0.29) is 6.61 Å². The number of hydrogen-bond acceptors (Lipinski definition) is 1. The van der Waals surface area contributed by atoms with E-state index >= 15 is 0 Å². The molecular weight excluding hydrogens is 239 g/mol. The Hall–Kier alpha value is -1.38. The summed E-state index contributed by atoms with van der Waals surface area (Å²) >= 11 is 5.82. The fourth-order valence-corrected chi connectivity index (χ4v) is 1.97. The lowest BCUT2D eigenvalue weighted by Crippen LogP contribution is -1.95. The lowest BCUT2D eigenvalue weighted by Gasteiger charge is -2.11. The Labute approximate surface area is 104 Å². The molecule has 17 heavy (non-hydrogen) atoms. The normalized spacial score (nSPS) is 10.5. The van der Waals surface area contributed by atoms with Crippen LogP contribution in [0.2, 0.25) is 5.02 Å². The van der Waals surface area contributed by atoms with Crippen molar-refractivity contribution in [3.8, 4) is 11.1 Å². The molecule has 2 aromatic rings. The van der Waals surface area contributed by atoms with E-state index in [2.05, 4.69) is 0 Å². The fourth-order valence-electron chi connectivity index (χ4n) is 1.84. The van der Waals surface area contributed by atoms with E-state index in [1.165, 1.54) is 0 Å². The van der Waals surface area contributed by atoms with Crippen molar-refractivity contribution in [1.82, 2.24) is 0 Å². The van der Waals surface area contributed by atoms with Crippen LogP contribution in [-0.2, 0) is 13.3 Å². The third kappa shape index (κ3) is 2.48. The van der Waals surface area contributed by atoms with Crippen molar-refractivity contribution in [3.63, 3.8) is 0 Å². The molecule has 0 saturated heterocycles. The Kier molecular flexibility index (Phi) is 3.77. The molecule has 0 atom stereocenters. The van der Waals surface area contributed by atoms with E-state index in [1.807, 2.05) is 24.3 Å². The van der Waals surface area contributed by atoms with Crippen LogP contribution in [0.5, 0.6) is 0 Å². The molecule has 1 N–H and O–H groups in total. The Bertz CT molecular complexity index is 508. The van der Waals surface area contributed by atoms with Gasteiger partial charge in [0.05, 0.1) is 6.61 Å².